The van der Waals surface area contributed by atoms with Crippen LogP contribution in [-0.4, -0.2) is 31.3 Å². The molecular weight excluding hydrogens is 458 g/mol. The molecule has 0 saturated carbocycles. The maximum atomic E-state index is 13.2. The molecule has 1 heterocycles. The zero-order chi connectivity index (χ0) is 25.0. The fraction of sp³-hybridized carbons (Fsp3) is 0.393. The van der Waals surface area contributed by atoms with E-state index < -0.39 is 10.7 Å². The van der Waals surface area contributed by atoms with Gasteiger partial charge in [-0.2, -0.15) is 0 Å². The maximum absolute atomic E-state index is 13.2. The largest absolute Gasteiger partial charge is 0.480 e. The van der Waals surface area contributed by atoms with Crippen molar-refractivity contribution >= 4 is 23.6 Å². The SMILES string of the molecule is CCCCCn1cc(C(=O)NC2CCc3ccccc32)nc1-c1ccc(SC(C)(C)C(=O)O)cc1. The van der Waals surface area contributed by atoms with Crippen molar-refractivity contribution in [1.29, 1.82) is 0 Å². The van der Waals surface area contributed by atoms with Gasteiger partial charge in [0.05, 0.1) is 6.04 Å². The Kier molecular flexibility index (Phi) is 7.65. The minimum Gasteiger partial charge on any atom is -0.480 e. The van der Waals surface area contributed by atoms with Crippen molar-refractivity contribution in [2.45, 2.75) is 75.1 Å². The predicted octanol–water partition coefficient (Wildman–Crippen LogP) is 6.11. The summed E-state index contributed by atoms with van der Waals surface area (Å²) in [6.45, 7) is 6.35. The Morgan fingerprint density at radius 3 is 2.60 bits per heavy atom. The maximum Gasteiger partial charge on any atom is 0.319 e. The normalized spacial score (nSPS) is 15.1. The third-order valence-electron chi connectivity index (χ3n) is 6.45. The molecule has 6 nitrogen and oxygen atoms in total. The van der Waals surface area contributed by atoms with Gasteiger partial charge in [-0.3, -0.25) is 9.59 Å². The first-order valence-corrected chi connectivity index (χ1v) is 13.1. The standard InChI is InChI=1S/C28H33N3O3S/c1-4-5-8-17-31-18-24(26(32)30-23-16-13-19-9-6-7-10-22(19)23)29-25(31)20-11-14-21(15-12-20)35-28(2,3)27(33)34/h6-7,9-12,14-15,18,23H,4-5,8,13,16-17H2,1-3H3,(H,30,32)(H,33,34). The molecule has 0 saturated heterocycles. The number of aryl methyl sites for hydroxylation is 2. The first-order valence-electron chi connectivity index (χ1n) is 12.3. The molecule has 184 valence electrons. The highest BCUT2D eigenvalue weighted by molar-refractivity contribution is 8.01. The highest BCUT2D eigenvalue weighted by Crippen LogP contribution is 2.34. The summed E-state index contributed by atoms with van der Waals surface area (Å²) >= 11 is 1.31. The number of benzene rings is 2. The van der Waals surface area contributed by atoms with Crippen LogP contribution in [0.2, 0.25) is 0 Å². The van der Waals surface area contributed by atoms with Crippen LogP contribution in [0, 0.1) is 0 Å². The second-order valence-electron chi connectivity index (χ2n) is 9.56. The molecule has 0 aliphatic heterocycles. The fourth-order valence-electron chi connectivity index (χ4n) is 4.41. The molecule has 3 aromatic rings. The van der Waals surface area contributed by atoms with Crippen molar-refractivity contribution < 1.29 is 14.7 Å². The number of amides is 1. The number of aliphatic carboxylic acids is 1. The van der Waals surface area contributed by atoms with E-state index >= 15 is 0 Å². The van der Waals surface area contributed by atoms with Crippen molar-refractivity contribution in [1.82, 2.24) is 14.9 Å². The molecule has 1 aliphatic carbocycles. The number of hydrogen-bond donors (Lipinski definition) is 2. The number of nitrogens with one attached hydrogen (secondary N) is 1. The summed E-state index contributed by atoms with van der Waals surface area (Å²) in [6, 6.07) is 16.0. The van der Waals surface area contributed by atoms with E-state index in [0.717, 1.165) is 54.9 Å². The van der Waals surface area contributed by atoms with Gasteiger partial charge in [-0.25, -0.2) is 4.98 Å². The van der Waals surface area contributed by atoms with E-state index in [1.807, 2.05) is 42.6 Å². The Morgan fingerprint density at radius 1 is 1.14 bits per heavy atom. The Hall–Kier alpha value is -3.06. The molecule has 0 radical (unpaired) electrons. The summed E-state index contributed by atoms with van der Waals surface area (Å²) in [5.74, 6) is -0.247. The third kappa shape index (κ3) is 5.78. The minimum atomic E-state index is -0.912. The summed E-state index contributed by atoms with van der Waals surface area (Å²) in [7, 11) is 0. The lowest BCUT2D eigenvalue weighted by Crippen LogP contribution is -2.27. The number of nitrogens with zero attached hydrogens (tertiary/aromatic N) is 2. The Balaban J connectivity index is 1.55. The Labute approximate surface area is 211 Å². The Morgan fingerprint density at radius 2 is 1.89 bits per heavy atom. The van der Waals surface area contributed by atoms with Crippen molar-refractivity contribution in [2.24, 2.45) is 0 Å². The lowest BCUT2D eigenvalue weighted by atomic mass is 10.1. The smallest absolute Gasteiger partial charge is 0.319 e. The molecule has 1 amide bonds. The second kappa shape index (κ2) is 10.7. The van der Waals surface area contributed by atoms with Gasteiger partial charge in [0.15, 0.2) is 0 Å². The van der Waals surface area contributed by atoms with E-state index in [1.165, 1.54) is 22.9 Å². The minimum absolute atomic E-state index is 0.0151. The molecule has 4 rings (SSSR count). The molecule has 2 aromatic carbocycles. The van der Waals surface area contributed by atoms with Crippen LogP contribution in [0.4, 0.5) is 0 Å². The second-order valence-corrected chi connectivity index (χ2v) is 11.3. The van der Waals surface area contributed by atoms with Gasteiger partial charge in [0, 0.05) is 23.2 Å². The van der Waals surface area contributed by atoms with Crippen LogP contribution in [0.25, 0.3) is 11.4 Å². The summed E-state index contributed by atoms with van der Waals surface area (Å²) in [5, 5.41) is 12.6. The average Bonchev–Trinajstić information content (AvgIpc) is 3.44. The van der Waals surface area contributed by atoms with Crippen LogP contribution < -0.4 is 5.32 Å². The molecule has 1 aromatic heterocycles. The molecule has 1 aliphatic rings. The van der Waals surface area contributed by atoms with E-state index in [4.69, 9.17) is 4.98 Å². The van der Waals surface area contributed by atoms with E-state index in [1.54, 1.807) is 13.8 Å². The van der Waals surface area contributed by atoms with E-state index in [9.17, 15) is 14.7 Å². The molecule has 0 bridgehead atoms. The number of carbonyl (C=O) groups excluding carboxylic acids is 1. The molecule has 7 heteroatoms. The fourth-order valence-corrected chi connectivity index (χ4v) is 5.36. The predicted molar refractivity (Wildman–Crippen MR) is 140 cm³/mol. The molecule has 0 fully saturated rings. The quantitative estimate of drug-likeness (QED) is 0.264. The number of hydrogen-bond acceptors (Lipinski definition) is 4. The number of aromatic nitrogens is 2. The van der Waals surface area contributed by atoms with Crippen LogP contribution in [0.5, 0.6) is 0 Å². The number of thioether (sulfide) groups is 1. The zero-order valence-electron chi connectivity index (χ0n) is 20.6. The topological polar surface area (TPSA) is 84.2 Å². The van der Waals surface area contributed by atoms with Crippen molar-refractivity contribution in [2.75, 3.05) is 0 Å². The molecule has 35 heavy (non-hydrogen) atoms. The first-order chi connectivity index (χ1) is 16.8. The monoisotopic (exact) mass is 491 g/mol. The van der Waals surface area contributed by atoms with Crippen LogP contribution in [0.15, 0.2) is 59.6 Å². The van der Waals surface area contributed by atoms with Gasteiger partial charge in [-0.05, 0) is 56.4 Å². The van der Waals surface area contributed by atoms with Gasteiger partial charge in [0.2, 0.25) is 0 Å². The summed E-state index contributed by atoms with van der Waals surface area (Å²) in [6.07, 6.45) is 6.97. The lowest BCUT2D eigenvalue weighted by Gasteiger charge is -2.18. The third-order valence-corrected chi connectivity index (χ3v) is 7.64. The van der Waals surface area contributed by atoms with Crippen LogP contribution >= 0.6 is 11.8 Å². The average molecular weight is 492 g/mol. The number of carboxylic acids is 1. The number of imidazole rings is 1. The van der Waals surface area contributed by atoms with Crippen molar-refractivity contribution in [3.63, 3.8) is 0 Å². The van der Waals surface area contributed by atoms with Crippen molar-refractivity contribution in [3.8, 4) is 11.4 Å². The summed E-state index contributed by atoms with van der Waals surface area (Å²) in [4.78, 5) is 30.3. The van der Waals surface area contributed by atoms with E-state index in [-0.39, 0.29) is 11.9 Å². The molecule has 1 atom stereocenters. The lowest BCUT2D eigenvalue weighted by molar-refractivity contribution is -0.138. The van der Waals surface area contributed by atoms with Gasteiger partial charge in [-0.1, -0.05) is 56.2 Å². The first kappa shape index (κ1) is 25.0. The highest BCUT2D eigenvalue weighted by atomic mass is 32.2. The number of carbonyl (C=O) groups is 2. The zero-order valence-corrected chi connectivity index (χ0v) is 21.4. The van der Waals surface area contributed by atoms with E-state index in [2.05, 4.69) is 28.9 Å². The summed E-state index contributed by atoms with van der Waals surface area (Å²) < 4.78 is 1.15. The van der Waals surface area contributed by atoms with E-state index in [0.29, 0.717) is 5.69 Å². The van der Waals surface area contributed by atoms with Crippen LogP contribution in [0.3, 0.4) is 0 Å². The van der Waals surface area contributed by atoms with Crippen LogP contribution in [-0.2, 0) is 17.8 Å². The molecule has 1 unspecified atom stereocenters. The van der Waals surface area contributed by atoms with Gasteiger partial charge >= 0.3 is 5.97 Å². The van der Waals surface area contributed by atoms with Gasteiger partial charge < -0.3 is 15.0 Å². The van der Waals surface area contributed by atoms with Crippen molar-refractivity contribution in [3.05, 3.63) is 71.5 Å². The molecular formula is C28H33N3O3S. The molecule has 2 N–H and O–H groups in total. The van der Waals surface area contributed by atoms with Gasteiger partial charge in [-0.15, -0.1) is 11.8 Å². The summed E-state index contributed by atoms with van der Waals surface area (Å²) in [5.41, 5.74) is 3.82. The number of fused-ring (bicyclic) bond motifs is 1. The van der Waals surface area contributed by atoms with Gasteiger partial charge in [0.1, 0.15) is 16.3 Å². The number of rotatable bonds is 10. The molecule has 0 spiro atoms. The van der Waals surface area contributed by atoms with Crippen LogP contribution in [0.1, 0.15) is 74.1 Å². The Bertz CT molecular complexity index is 1200. The number of unbranched alkanes of at least 4 members (excludes halogenated alkanes) is 2. The van der Waals surface area contributed by atoms with Gasteiger partial charge in [0.25, 0.3) is 5.91 Å². The number of carboxylic acid groups (broad SMARTS) is 1. The highest BCUT2D eigenvalue weighted by Gasteiger charge is 2.29.